The third-order valence-corrected chi connectivity index (χ3v) is 1.85. The maximum absolute atomic E-state index is 5.19. The molecular weight excluding hydrogens is 192 g/mol. The van der Waals surface area contributed by atoms with Crippen LogP contribution in [0.4, 0.5) is 0 Å². The monoisotopic (exact) mass is 203 g/mol. The minimum Gasteiger partial charge on any atom is -0.374 e. The topological polar surface area (TPSA) is 60.9 Å². The lowest BCUT2D eigenvalue weighted by Crippen LogP contribution is -2.23. The minimum atomic E-state index is 0.407. The smallest absolute Gasteiger partial charge is 0.185 e. The molecular formula is C10H11N4O. The highest BCUT2D eigenvalue weighted by Crippen LogP contribution is 2.03. The first-order chi connectivity index (χ1) is 7.40. The molecule has 2 rings (SSSR count). The Morgan fingerprint density at radius 1 is 1.33 bits per heavy atom. The van der Waals surface area contributed by atoms with E-state index in [1.54, 1.807) is 12.4 Å². The molecule has 1 aromatic rings. The molecule has 1 radical (unpaired) electrons. The molecule has 1 aliphatic heterocycles. The fourth-order valence-corrected chi connectivity index (χ4v) is 1.14. The standard InChI is InChI=1S/C10H11N4O/c1-2-15-7-9-12-10(14-13-9)8-4-3-5-11-6-8/h3-6H,2,7H2,1H3. The second-order valence-electron chi connectivity index (χ2n) is 2.93. The van der Waals surface area contributed by atoms with Gasteiger partial charge in [0, 0.05) is 24.6 Å². The van der Waals surface area contributed by atoms with Gasteiger partial charge in [0.15, 0.2) is 11.7 Å². The average molecular weight is 203 g/mol. The molecule has 77 valence electrons. The third kappa shape index (κ3) is 2.38. The molecule has 0 N–H and O–H groups in total. The first-order valence-electron chi connectivity index (χ1n) is 4.74. The highest BCUT2D eigenvalue weighted by atomic mass is 16.5. The van der Waals surface area contributed by atoms with E-state index in [9.17, 15) is 0 Å². The van der Waals surface area contributed by atoms with Crippen LogP contribution in [0.15, 0.2) is 34.7 Å². The van der Waals surface area contributed by atoms with Crippen LogP contribution in [0.2, 0.25) is 0 Å². The molecule has 0 aromatic carbocycles. The number of pyridine rings is 1. The fraction of sp³-hybridized carbons (Fsp3) is 0.300. The number of nitrogens with zero attached hydrogens (tertiary/aromatic N) is 4. The molecule has 0 unspecified atom stereocenters. The molecule has 0 saturated carbocycles. The van der Waals surface area contributed by atoms with Gasteiger partial charge in [-0.2, -0.15) is 0 Å². The molecule has 2 heterocycles. The lowest BCUT2D eigenvalue weighted by molar-refractivity contribution is 0.186. The second-order valence-corrected chi connectivity index (χ2v) is 2.93. The molecule has 15 heavy (non-hydrogen) atoms. The molecule has 0 amide bonds. The van der Waals surface area contributed by atoms with E-state index in [1.165, 1.54) is 0 Å². The van der Waals surface area contributed by atoms with E-state index in [4.69, 9.17) is 4.74 Å². The van der Waals surface area contributed by atoms with Gasteiger partial charge in [0.1, 0.15) is 6.61 Å². The Kier molecular flexibility index (Phi) is 3.04. The van der Waals surface area contributed by atoms with Crippen molar-refractivity contribution in [3.63, 3.8) is 0 Å². The molecule has 0 spiro atoms. The summed E-state index contributed by atoms with van der Waals surface area (Å²) in [6, 6.07) is 3.74. The molecule has 5 heteroatoms. The number of aromatic nitrogens is 1. The van der Waals surface area contributed by atoms with Crippen LogP contribution in [0.5, 0.6) is 0 Å². The van der Waals surface area contributed by atoms with Gasteiger partial charge in [-0.05, 0) is 19.1 Å². The summed E-state index contributed by atoms with van der Waals surface area (Å²) in [5.41, 5.74) is 0.868. The summed E-state index contributed by atoms with van der Waals surface area (Å²) in [6.07, 6.45) is 3.42. The summed E-state index contributed by atoms with van der Waals surface area (Å²) < 4.78 is 5.19. The van der Waals surface area contributed by atoms with Crippen molar-refractivity contribution < 1.29 is 4.74 Å². The Hall–Kier alpha value is -1.75. The second kappa shape index (κ2) is 4.65. The summed E-state index contributed by atoms with van der Waals surface area (Å²) in [7, 11) is 0. The van der Waals surface area contributed by atoms with E-state index in [0.717, 1.165) is 5.56 Å². The van der Waals surface area contributed by atoms with Crippen LogP contribution in [0.1, 0.15) is 12.5 Å². The largest absolute Gasteiger partial charge is 0.374 e. The first kappa shape index (κ1) is 9.79. The lowest BCUT2D eigenvalue weighted by Gasteiger charge is -2.00. The van der Waals surface area contributed by atoms with Crippen molar-refractivity contribution in [2.24, 2.45) is 10.2 Å². The fourth-order valence-electron chi connectivity index (χ4n) is 1.14. The van der Waals surface area contributed by atoms with Crippen LogP contribution in [0.3, 0.4) is 0 Å². The first-order valence-corrected chi connectivity index (χ1v) is 4.74. The van der Waals surface area contributed by atoms with Crippen molar-refractivity contribution in [1.29, 1.82) is 0 Å². The van der Waals surface area contributed by atoms with Crippen molar-refractivity contribution in [3.8, 4) is 0 Å². The Morgan fingerprint density at radius 3 is 3.00 bits per heavy atom. The van der Waals surface area contributed by atoms with Crippen LogP contribution in [0, 0.1) is 0 Å². The van der Waals surface area contributed by atoms with Crippen LogP contribution in [-0.2, 0) is 4.74 Å². The minimum absolute atomic E-state index is 0.407. The number of rotatable bonds is 4. The van der Waals surface area contributed by atoms with Crippen molar-refractivity contribution in [1.82, 2.24) is 10.3 Å². The Labute approximate surface area is 87.9 Å². The molecule has 0 bridgehead atoms. The van der Waals surface area contributed by atoms with Gasteiger partial charge in [0.25, 0.3) is 0 Å². The Morgan fingerprint density at radius 2 is 2.27 bits per heavy atom. The van der Waals surface area contributed by atoms with Gasteiger partial charge in [-0.15, -0.1) is 10.2 Å². The molecule has 0 aliphatic carbocycles. The van der Waals surface area contributed by atoms with Crippen LogP contribution in [0.25, 0.3) is 0 Å². The van der Waals surface area contributed by atoms with E-state index in [0.29, 0.717) is 24.9 Å². The number of amidine groups is 2. The summed E-state index contributed by atoms with van der Waals surface area (Å²) in [6.45, 7) is 2.99. The van der Waals surface area contributed by atoms with Gasteiger partial charge in [-0.1, -0.05) is 0 Å². The average Bonchev–Trinajstić information content (AvgIpc) is 2.76. The molecule has 5 nitrogen and oxygen atoms in total. The summed E-state index contributed by atoms with van der Waals surface area (Å²) >= 11 is 0. The molecule has 1 aliphatic rings. The summed E-state index contributed by atoms with van der Waals surface area (Å²) in [5, 5.41) is 12.1. The predicted molar refractivity (Wildman–Crippen MR) is 56.8 cm³/mol. The van der Waals surface area contributed by atoms with Crippen LogP contribution < -0.4 is 5.32 Å². The van der Waals surface area contributed by atoms with Crippen molar-refractivity contribution in [3.05, 3.63) is 30.1 Å². The van der Waals surface area contributed by atoms with Gasteiger partial charge in [0.05, 0.1) is 0 Å². The maximum atomic E-state index is 5.19. The number of ether oxygens (including phenoxy) is 1. The summed E-state index contributed by atoms with van der Waals surface area (Å²) in [4.78, 5) is 3.99. The molecule has 0 saturated heterocycles. The Bertz CT molecular complexity index is 386. The van der Waals surface area contributed by atoms with Gasteiger partial charge in [-0.3, -0.25) is 4.98 Å². The van der Waals surface area contributed by atoms with E-state index in [-0.39, 0.29) is 0 Å². The van der Waals surface area contributed by atoms with E-state index in [2.05, 4.69) is 20.5 Å². The van der Waals surface area contributed by atoms with Crippen molar-refractivity contribution >= 4 is 11.7 Å². The van der Waals surface area contributed by atoms with Crippen LogP contribution >= 0.6 is 0 Å². The SMILES string of the molecule is CCOCC1=NN=C(c2cccnc2)[N]1. The van der Waals surface area contributed by atoms with Gasteiger partial charge < -0.3 is 4.74 Å². The normalized spacial score (nSPS) is 14.5. The Balaban J connectivity index is 1.96. The highest BCUT2D eigenvalue weighted by Gasteiger charge is 2.15. The lowest BCUT2D eigenvalue weighted by atomic mass is 10.2. The zero-order valence-corrected chi connectivity index (χ0v) is 8.42. The van der Waals surface area contributed by atoms with Gasteiger partial charge in [0.2, 0.25) is 0 Å². The predicted octanol–water partition coefficient (Wildman–Crippen LogP) is 0.796. The highest BCUT2D eigenvalue weighted by molar-refractivity contribution is 6.11. The van der Waals surface area contributed by atoms with Crippen LogP contribution in [-0.4, -0.2) is 29.9 Å². The zero-order valence-electron chi connectivity index (χ0n) is 8.42. The van der Waals surface area contributed by atoms with E-state index in [1.807, 2.05) is 19.1 Å². The third-order valence-electron chi connectivity index (χ3n) is 1.85. The van der Waals surface area contributed by atoms with Crippen molar-refractivity contribution in [2.45, 2.75) is 6.92 Å². The maximum Gasteiger partial charge on any atom is 0.185 e. The van der Waals surface area contributed by atoms with Gasteiger partial charge >= 0.3 is 0 Å². The summed E-state index contributed by atoms with van der Waals surface area (Å²) in [5.74, 6) is 1.20. The molecule has 1 aromatic heterocycles. The molecule has 0 atom stereocenters. The van der Waals surface area contributed by atoms with Crippen molar-refractivity contribution in [2.75, 3.05) is 13.2 Å². The quantitative estimate of drug-likeness (QED) is 0.726. The van der Waals surface area contributed by atoms with Gasteiger partial charge in [-0.25, -0.2) is 5.32 Å². The number of hydrogen-bond donors (Lipinski definition) is 0. The molecule has 0 fully saturated rings. The zero-order chi connectivity index (χ0) is 10.5. The van der Waals surface area contributed by atoms with E-state index >= 15 is 0 Å². The number of hydrogen-bond acceptors (Lipinski definition) is 4. The van der Waals surface area contributed by atoms with E-state index < -0.39 is 0 Å².